The van der Waals surface area contributed by atoms with Crippen LogP contribution in [0.5, 0.6) is 0 Å². The molecule has 1 aliphatic heterocycles. The molecule has 0 saturated carbocycles. The summed E-state index contributed by atoms with van der Waals surface area (Å²) in [5, 5.41) is 9.23. The molecule has 25 heavy (non-hydrogen) atoms. The number of nitrogens with zero attached hydrogens (tertiary/aromatic N) is 1. The molecule has 3 rings (SSSR count). The molecule has 1 aromatic carbocycles. The van der Waals surface area contributed by atoms with Crippen molar-refractivity contribution < 1.29 is 9.53 Å². The molecule has 2 amide bonds. The third kappa shape index (κ3) is 5.27. The van der Waals surface area contributed by atoms with Crippen LogP contribution in [0.25, 0.3) is 0 Å². The highest BCUT2D eigenvalue weighted by Gasteiger charge is 2.23. The van der Waals surface area contributed by atoms with Crippen LogP contribution in [-0.4, -0.2) is 29.8 Å². The molecule has 1 aliphatic rings. The summed E-state index contributed by atoms with van der Waals surface area (Å²) in [6, 6.07) is 11.8. The first-order valence-electron chi connectivity index (χ1n) is 8.58. The van der Waals surface area contributed by atoms with Crippen molar-refractivity contribution in [2.45, 2.75) is 38.6 Å². The number of carbonyl (C=O) groups excluding carboxylic acids is 1. The quantitative estimate of drug-likeness (QED) is 0.756. The monoisotopic (exact) mass is 340 g/mol. The molecule has 0 spiro atoms. The van der Waals surface area contributed by atoms with Crippen molar-refractivity contribution in [1.82, 2.24) is 15.6 Å². The maximum Gasteiger partial charge on any atom is 0.319 e. The summed E-state index contributed by atoms with van der Waals surface area (Å²) in [5.41, 5.74) is 2.92. The minimum Gasteiger partial charge on any atom is -0.377 e. The summed E-state index contributed by atoms with van der Waals surface area (Å²) in [7, 11) is 0. The van der Waals surface area contributed by atoms with Gasteiger partial charge in [0.25, 0.3) is 0 Å². The third-order valence-corrected chi connectivity index (χ3v) is 4.33. The number of rotatable bonds is 6. The number of hydrogen-bond acceptors (Lipinski definition) is 4. The van der Waals surface area contributed by atoms with Gasteiger partial charge in [-0.1, -0.05) is 12.1 Å². The number of aromatic nitrogens is 1. The van der Waals surface area contributed by atoms with Gasteiger partial charge in [-0.15, -0.1) is 0 Å². The van der Waals surface area contributed by atoms with Crippen LogP contribution in [0, 0.1) is 0 Å². The minimum absolute atomic E-state index is 0.222. The Morgan fingerprint density at radius 3 is 2.80 bits per heavy atom. The number of carbonyl (C=O) groups is 1. The Kier molecular flexibility index (Phi) is 5.98. The molecule has 2 aromatic rings. The first-order valence-corrected chi connectivity index (χ1v) is 8.58. The molecule has 6 heteroatoms. The van der Waals surface area contributed by atoms with E-state index in [0.29, 0.717) is 12.6 Å². The van der Waals surface area contributed by atoms with Crippen LogP contribution in [0.2, 0.25) is 0 Å². The maximum atomic E-state index is 12.0. The Labute approximate surface area is 148 Å². The Morgan fingerprint density at radius 2 is 2.04 bits per heavy atom. The number of anilines is 1. The molecule has 6 nitrogen and oxygen atoms in total. The normalized spacial score (nSPS) is 19.6. The van der Waals surface area contributed by atoms with Crippen LogP contribution in [0.3, 0.4) is 0 Å². The Hall–Kier alpha value is -2.44. The largest absolute Gasteiger partial charge is 0.377 e. The molecule has 2 atom stereocenters. The summed E-state index contributed by atoms with van der Waals surface area (Å²) in [6.07, 6.45) is 4.71. The second-order valence-corrected chi connectivity index (χ2v) is 6.22. The second-order valence-electron chi connectivity index (χ2n) is 6.22. The van der Waals surface area contributed by atoms with Gasteiger partial charge >= 0.3 is 6.03 Å². The van der Waals surface area contributed by atoms with Crippen molar-refractivity contribution in [2.24, 2.45) is 0 Å². The number of ether oxygens (including phenoxy) is 1. The van der Waals surface area contributed by atoms with E-state index in [1.807, 2.05) is 36.4 Å². The average Bonchev–Trinajstić information content (AvgIpc) is 3.04. The summed E-state index contributed by atoms with van der Waals surface area (Å²) < 4.78 is 5.56. The summed E-state index contributed by atoms with van der Waals surface area (Å²) in [4.78, 5) is 16.0. The molecule has 0 bridgehead atoms. The van der Waals surface area contributed by atoms with Crippen LogP contribution in [-0.2, 0) is 17.8 Å². The summed E-state index contributed by atoms with van der Waals surface area (Å²) in [5.74, 6) is 0. The van der Waals surface area contributed by atoms with Gasteiger partial charge in [-0.3, -0.25) is 4.98 Å². The predicted octanol–water partition coefficient (Wildman–Crippen LogP) is 2.67. The first-order chi connectivity index (χ1) is 12.2. The van der Waals surface area contributed by atoms with Crippen LogP contribution >= 0.6 is 0 Å². The number of nitrogens with one attached hydrogen (secondary N) is 3. The molecule has 0 aliphatic carbocycles. The summed E-state index contributed by atoms with van der Waals surface area (Å²) >= 11 is 0. The number of amides is 2. The van der Waals surface area contributed by atoms with E-state index >= 15 is 0 Å². The van der Waals surface area contributed by atoms with Crippen molar-refractivity contribution in [2.75, 3.05) is 11.9 Å². The van der Waals surface area contributed by atoms with Gasteiger partial charge in [0.05, 0.1) is 6.10 Å². The molecule has 3 N–H and O–H groups in total. The average molecular weight is 340 g/mol. The fourth-order valence-corrected chi connectivity index (χ4v) is 2.87. The van der Waals surface area contributed by atoms with Crippen LogP contribution < -0.4 is 16.0 Å². The van der Waals surface area contributed by atoms with E-state index in [0.717, 1.165) is 36.4 Å². The van der Waals surface area contributed by atoms with Crippen molar-refractivity contribution in [3.63, 3.8) is 0 Å². The molecular formula is C19H24N4O2. The van der Waals surface area contributed by atoms with E-state index in [1.54, 1.807) is 12.4 Å². The second kappa shape index (κ2) is 8.60. The first kappa shape index (κ1) is 17.4. The Morgan fingerprint density at radius 1 is 1.20 bits per heavy atom. The zero-order chi connectivity index (χ0) is 17.5. The number of urea groups is 1. The highest BCUT2D eigenvalue weighted by molar-refractivity contribution is 5.89. The van der Waals surface area contributed by atoms with Gasteiger partial charge in [-0.25, -0.2) is 4.79 Å². The van der Waals surface area contributed by atoms with E-state index < -0.39 is 0 Å². The smallest absolute Gasteiger partial charge is 0.319 e. The lowest BCUT2D eigenvalue weighted by Gasteiger charge is -2.16. The van der Waals surface area contributed by atoms with Gasteiger partial charge in [-0.05, 0) is 48.7 Å². The molecule has 132 valence electrons. The number of hydrogen-bond donors (Lipinski definition) is 3. The van der Waals surface area contributed by atoms with Crippen molar-refractivity contribution >= 4 is 11.7 Å². The van der Waals surface area contributed by atoms with Crippen LogP contribution in [0.15, 0.2) is 48.8 Å². The highest BCUT2D eigenvalue weighted by Crippen LogP contribution is 2.15. The standard InChI is InChI=1S/C19H24N4O2/c1-14-18(7-10-25-14)21-13-16-3-2-4-17(11-16)23-19(24)22-12-15-5-8-20-9-6-15/h2-6,8-9,11,14,18,21H,7,10,12-13H2,1H3,(H2,22,23,24)/t14-,18-/m0/s1. The molecule has 0 radical (unpaired) electrons. The molecule has 0 unspecified atom stereocenters. The van der Waals surface area contributed by atoms with Gasteiger partial charge in [-0.2, -0.15) is 0 Å². The zero-order valence-electron chi connectivity index (χ0n) is 14.4. The van der Waals surface area contributed by atoms with Gasteiger partial charge in [0.2, 0.25) is 0 Å². The van der Waals surface area contributed by atoms with Gasteiger partial charge in [0.15, 0.2) is 0 Å². The van der Waals surface area contributed by atoms with E-state index in [2.05, 4.69) is 27.9 Å². The van der Waals surface area contributed by atoms with Crippen LogP contribution in [0.1, 0.15) is 24.5 Å². The van der Waals surface area contributed by atoms with Gasteiger partial charge in [0, 0.05) is 43.8 Å². The minimum atomic E-state index is -0.222. The molecule has 1 aromatic heterocycles. The van der Waals surface area contributed by atoms with E-state index in [4.69, 9.17) is 4.74 Å². The van der Waals surface area contributed by atoms with Crippen molar-refractivity contribution in [3.05, 3.63) is 59.9 Å². The Balaban J connectivity index is 1.48. The van der Waals surface area contributed by atoms with E-state index in [1.165, 1.54) is 0 Å². The fourth-order valence-electron chi connectivity index (χ4n) is 2.87. The van der Waals surface area contributed by atoms with Crippen molar-refractivity contribution in [3.8, 4) is 0 Å². The van der Waals surface area contributed by atoms with E-state index in [9.17, 15) is 4.79 Å². The number of benzene rings is 1. The zero-order valence-corrected chi connectivity index (χ0v) is 14.4. The lowest BCUT2D eigenvalue weighted by Crippen LogP contribution is -2.34. The molecular weight excluding hydrogens is 316 g/mol. The molecule has 1 saturated heterocycles. The SMILES string of the molecule is C[C@@H]1OCC[C@@H]1NCc1cccc(NC(=O)NCc2ccncc2)c1. The van der Waals surface area contributed by atoms with Gasteiger partial charge in [0.1, 0.15) is 0 Å². The predicted molar refractivity (Wildman–Crippen MR) is 97.2 cm³/mol. The number of pyridine rings is 1. The Bertz CT molecular complexity index is 693. The molecule has 1 fully saturated rings. The van der Waals surface area contributed by atoms with Crippen LogP contribution in [0.4, 0.5) is 10.5 Å². The third-order valence-electron chi connectivity index (χ3n) is 4.33. The fraction of sp³-hybridized carbons (Fsp3) is 0.368. The molecule has 2 heterocycles. The lowest BCUT2D eigenvalue weighted by atomic mass is 10.1. The van der Waals surface area contributed by atoms with E-state index in [-0.39, 0.29) is 12.1 Å². The van der Waals surface area contributed by atoms with Crippen molar-refractivity contribution in [1.29, 1.82) is 0 Å². The summed E-state index contributed by atoms with van der Waals surface area (Å²) in [6.45, 7) is 4.13. The highest BCUT2D eigenvalue weighted by atomic mass is 16.5. The van der Waals surface area contributed by atoms with Gasteiger partial charge < -0.3 is 20.7 Å². The topological polar surface area (TPSA) is 75.3 Å². The maximum absolute atomic E-state index is 12.0. The lowest BCUT2D eigenvalue weighted by molar-refractivity contribution is 0.113.